The van der Waals surface area contributed by atoms with E-state index in [1.165, 1.54) is 12.0 Å². The molecule has 1 fully saturated rings. The van der Waals surface area contributed by atoms with Crippen molar-refractivity contribution in [3.05, 3.63) is 30.0 Å². The minimum absolute atomic E-state index is 0.297. The molecule has 0 bridgehead atoms. The number of likely N-dealkylation sites (tertiary alicyclic amines) is 1. The molecule has 2 aromatic rings. The Morgan fingerprint density at radius 2 is 2.27 bits per heavy atom. The molecule has 1 unspecified atom stereocenters. The molecule has 0 amide bonds. The van der Waals surface area contributed by atoms with Crippen molar-refractivity contribution < 1.29 is 9.47 Å². The van der Waals surface area contributed by atoms with E-state index >= 15 is 0 Å². The number of hydrogen-bond acceptors (Lipinski definition) is 5. The maximum Gasteiger partial charge on any atom is 0.231 e. The molecule has 2 aliphatic rings. The number of aromatic amines is 1. The van der Waals surface area contributed by atoms with Crippen LogP contribution in [0.15, 0.2) is 24.4 Å². The van der Waals surface area contributed by atoms with Crippen molar-refractivity contribution in [2.24, 2.45) is 0 Å². The van der Waals surface area contributed by atoms with Gasteiger partial charge >= 0.3 is 0 Å². The fourth-order valence-electron chi connectivity index (χ4n) is 3.10. The zero-order chi connectivity index (χ0) is 14.9. The predicted octanol–water partition coefficient (Wildman–Crippen LogP) is 1.60. The van der Waals surface area contributed by atoms with Crippen molar-refractivity contribution in [3.63, 3.8) is 0 Å². The Bertz CT molecular complexity index is 670. The van der Waals surface area contributed by atoms with Gasteiger partial charge in [-0.25, -0.2) is 0 Å². The third-order valence-corrected chi connectivity index (χ3v) is 4.35. The van der Waals surface area contributed by atoms with Crippen LogP contribution in [0.2, 0.25) is 0 Å². The van der Waals surface area contributed by atoms with Gasteiger partial charge in [0.25, 0.3) is 0 Å². The van der Waals surface area contributed by atoms with Gasteiger partial charge in [-0.2, -0.15) is 5.10 Å². The Morgan fingerprint density at radius 3 is 3.14 bits per heavy atom. The minimum Gasteiger partial charge on any atom is -0.454 e. The van der Waals surface area contributed by atoms with E-state index in [0.717, 1.165) is 42.4 Å². The molecule has 2 N–H and O–H groups in total. The Balaban J connectivity index is 1.50. The highest BCUT2D eigenvalue weighted by Gasteiger charge is 2.20. The Kier molecular flexibility index (Phi) is 3.48. The molecule has 0 saturated carbocycles. The van der Waals surface area contributed by atoms with Gasteiger partial charge in [-0.3, -0.25) is 5.10 Å². The molecule has 0 aliphatic carbocycles. The lowest BCUT2D eigenvalue weighted by Gasteiger charge is -2.13. The number of benzene rings is 1. The van der Waals surface area contributed by atoms with Gasteiger partial charge < -0.3 is 19.7 Å². The molecule has 2 aliphatic heterocycles. The van der Waals surface area contributed by atoms with Gasteiger partial charge in [-0.15, -0.1) is 0 Å². The summed E-state index contributed by atoms with van der Waals surface area (Å²) in [7, 11) is 2.16. The number of nitrogens with zero attached hydrogens (tertiary/aromatic N) is 2. The van der Waals surface area contributed by atoms with Crippen molar-refractivity contribution in [1.29, 1.82) is 0 Å². The van der Waals surface area contributed by atoms with Gasteiger partial charge in [0.05, 0.1) is 11.9 Å². The van der Waals surface area contributed by atoms with Crippen LogP contribution in [0.25, 0.3) is 11.3 Å². The highest BCUT2D eigenvalue weighted by Crippen LogP contribution is 2.36. The number of aromatic nitrogens is 2. The van der Waals surface area contributed by atoms with Crippen LogP contribution in [0, 0.1) is 0 Å². The average molecular weight is 300 g/mol. The summed E-state index contributed by atoms with van der Waals surface area (Å²) in [6.07, 6.45) is 3.10. The zero-order valence-electron chi connectivity index (χ0n) is 12.6. The monoisotopic (exact) mass is 300 g/mol. The van der Waals surface area contributed by atoms with E-state index in [4.69, 9.17) is 9.47 Å². The summed E-state index contributed by atoms with van der Waals surface area (Å²) in [5.41, 5.74) is 3.28. The summed E-state index contributed by atoms with van der Waals surface area (Å²) in [6.45, 7) is 3.39. The van der Waals surface area contributed by atoms with E-state index in [9.17, 15) is 0 Å². The van der Waals surface area contributed by atoms with Crippen LogP contribution in [0.3, 0.4) is 0 Å². The fraction of sp³-hybridized carbons (Fsp3) is 0.438. The Hall–Kier alpha value is -2.05. The zero-order valence-corrected chi connectivity index (χ0v) is 12.6. The molecule has 1 atom stereocenters. The number of fused-ring (bicyclic) bond motifs is 1. The van der Waals surface area contributed by atoms with Crippen molar-refractivity contribution >= 4 is 0 Å². The molecule has 3 heterocycles. The topological polar surface area (TPSA) is 62.4 Å². The molecule has 1 aromatic carbocycles. The van der Waals surface area contributed by atoms with Gasteiger partial charge in [0.1, 0.15) is 0 Å². The molecule has 22 heavy (non-hydrogen) atoms. The number of nitrogens with one attached hydrogen (secondary N) is 2. The average Bonchev–Trinajstić information content (AvgIpc) is 3.24. The maximum atomic E-state index is 5.45. The Morgan fingerprint density at radius 1 is 1.36 bits per heavy atom. The lowest BCUT2D eigenvalue weighted by Crippen LogP contribution is -2.30. The van der Waals surface area contributed by atoms with E-state index in [2.05, 4.69) is 27.5 Å². The number of ether oxygens (including phenoxy) is 2. The van der Waals surface area contributed by atoms with Crippen LogP contribution in [0.1, 0.15) is 12.0 Å². The van der Waals surface area contributed by atoms with Crippen LogP contribution in [-0.4, -0.2) is 48.1 Å². The first kappa shape index (κ1) is 13.6. The molecule has 6 heteroatoms. The quantitative estimate of drug-likeness (QED) is 0.898. The van der Waals surface area contributed by atoms with Gasteiger partial charge in [0.15, 0.2) is 11.5 Å². The van der Waals surface area contributed by atoms with Crippen LogP contribution in [-0.2, 0) is 6.54 Å². The highest BCUT2D eigenvalue weighted by molar-refractivity contribution is 5.66. The molecular formula is C16H20N4O2. The SMILES string of the molecule is CN1CCC(NCc2cn[nH]c2-c2ccc3c(c2)OCO3)C1. The highest BCUT2D eigenvalue weighted by atomic mass is 16.7. The number of H-pyrrole nitrogens is 1. The van der Waals surface area contributed by atoms with Crippen LogP contribution < -0.4 is 14.8 Å². The molecule has 1 saturated heterocycles. The third-order valence-electron chi connectivity index (χ3n) is 4.35. The van der Waals surface area contributed by atoms with Gasteiger partial charge in [-0.1, -0.05) is 0 Å². The molecule has 0 radical (unpaired) electrons. The first-order valence-corrected chi connectivity index (χ1v) is 7.64. The molecule has 116 valence electrons. The van der Waals surface area contributed by atoms with E-state index in [1.54, 1.807) is 0 Å². The second-order valence-corrected chi connectivity index (χ2v) is 5.97. The second-order valence-electron chi connectivity index (χ2n) is 5.97. The lowest BCUT2D eigenvalue weighted by molar-refractivity contribution is 0.174. The van der Waals surface area contributed by atoms with E-state index in [-0.39, 0.29) is 0 Å². The summed E-state index contributed by atoms with van der Waals surface area (Å²) in [4.78, 5) is 2.35. The summed E-state index contributed by atoms with van der Waals surface area (Å²) in [5.74, 6) is 1.60. The molecule has 6 nitrogen and oxygen atoms in total. The molecular weight excluding hydrogens is 280 g/mol. The molecule has 4 rings (SSSR count). The maximum absolute atomic E-state index is 5.45. The fourth-order valence-corrected chi connectivity index (χ4v) is 3.10. The van der Waals surface area contributed by atoms with Crippen molar-refractivity contribution in [3.8, 4) is 22.8 Å². The van der Waals surface area contributed by atoms with Crippen molar-refractivity contribution in [2.45, 2.75) is 19.0 Å². The Labute approximate surface area is 129 Å². The number of hydrogen-bond donors (Lipinski definition) is 2. The van der Waals surface area contributed by atoms with Crippen molar-refractivity contribution in [2.75, 3.05) is 26.9 Å². The van der Waals surface area contributed by atoms with Gasteiger partial charge in [0.2, 0.25) is 6.79 Å². The second kappa shape index (κ2) is 5.62. The smallest absolute Gasteiger partial charge is 0.231 e. The van der Waals surface area contributed by atoms with Crippen LogP contribution >= 0.6 is 0 Å². The first-order valence-electron chi connectivity index (χ1n) is 7.64. The first-order chi connectivity index (χ1) is 10.8. The predicted molar refractivity (Wildman–Crippen MR) is 82.9 cm³/mol. The molecule has 0 spiro atoms. The lowest BCUT2D eigenvalue weighted by atomic mass is 10.1. The summed E-state index contributed by atoms with van der Waals surface area (Å²) in [6, 6.07) is 6.54. The van der Waals surface area contributed by atoms with E-state index < -0.39 is 0 Å². The van der Waals surface area contributed by atoms with Gasteiger partial charge in [0, 0.05) is 30.3 Å². The van der Waals surface area contributed by atoms with Crippen molar-refractivity contribution in [1.82, 2.24) is 20.4 Å². The minimum atomic E-state index is 0.297. The van der Waals surface area contributed by atoms with E-state index in [0.29, 0.717) is 12.8 Å². The van der Waals surface area contributed by atoms with Crippen LogP contribution in [0.5, 0.6) is 11.5 Å². The standard InChI is InChI=1S/C16H20N4O2/c1-20-5-4-13(9-20)17-7-12-8-18-19-16(12)11-2-3-14-15(6-11)22-10-21-14/h2-3,6,8,13,17H,4-5,7,9-10H2,1H3,(H,18,19). The number of rotatable bonds is 4. The third kappa shape index (κ3) is 2.55. The summed E-state index contributed by atoms with van der Waals surface area (Å²) < 4.78 is 10.8. The normalized spacial score (nSPS) is 20.7. The summed E-state index contributed by atoms with van der Waals surface area (Å²) in [5, 5.41) is 10.9. The molecule has 1 aromatic heterocycles. The summed E-state index contributed by atoms with van der Waals surface area (Å²) >= 11 is 0. The largest absolute Gasteiger partial charge is 0.454 e. The van der Waals surface area contributed by atoms with Gasteiger partial charge in [-0.05, 0) is 38.2 Å². The van der Waals surface area contributed by atoms with E-state index in [1.807, 2.05) is 24.4 Å². The van der Waals surface area contributed by atoms with Crippen LogP contribution in [0.4, 0.5) is 0 Å². The number of likely N-dealkylation sites (N-methyl/N-ethyl adjacent to an activating group) is 1.